The molecule has 1 saturated heterocycles. The first-order valence-corrected chi connectivity index (χ1v) is 12.8. The normalized spacial score (nSPS) is 15.5. The molecule has 1 amide bonds. The van der Waals surface area contributed by atoms with E-state index in [1.54, 1.807) is 12.1 Å². The van der Waals surface area contributed by atoms with Gasteiger partial charge >= 0.3 is 0 Å². The Kier molecular flexibility index (Phi) is 8.64. The lowest BCUT2D eigenvalue weighted by molar-refractivity contribution is -0.121. The highest BCUT2D eigenvalue weighted by atomic mass is 32.2. The second-order valence-corrected chi connectivity index (χ2v) is 10.4. The van der Waals surface area contributed by atoms with E-state index < -0.39 is 10.0 Å². The molecule has 0 radical (unpaired) electrons. The first-order chi connectivity index (χ1) is 15.3. The number of aromatic nitrogens is 2. The summed E-state index contributed by atoms with van der Waals surface area (Å²) in [6.07, 6.45) is 2.88. The zero-order valence-corrected chi connectivity index (χ0v) is 20.2. The molecule has 1 aliphatic heterocycles. The number of ether oxygens (including phenoxy) is 1. The van der Waals surface area contributed by atoms with Crippen LogP contribution in [-0.4, -0.2) is 86.6 Å². The van der Waals surface area contributed by atoms with Gasteiger partial charge in [0.1, 0.15) is 5.82 Å². The maximum absolute atomic E-state index is 12.5. The Bertz CT molecular complexity index is 1010. The topological polar surface area (TPSA) is 96.8 Å². The Morgan fingerprint density at radius 2 is 1.97 bits per heavy atom. The Morgan fingerprint density at radius 1 is 1.22 bits per heavy atom. The number of hydrogen-bond donors (Lipinski definition) is 1. The van der Waals surface area contributed by atoms with E-state index in [0.717, 1.165) is 63.6 Å². The van der Waals surface area contributed by atoms with E-state index in [0.29, 0.717) is 24.9 Å². The summed E-state index contributed by atoms with van der Waals surface area (Å²) in [5, 5.41) is 2.99. The molecule has 1 aromatic heterocycles. The molecule has 0 atom stereocenters. The lowest BCUT2D eigenvalue weighted by atomic mass is 10.2. The van der Waals surface area contributed by atoms with Crippen LogP contribution in [0.2, 0.25) is 0 Å². The van der Waals surface area contributed by atoms with Crippen molar-refractivity contribution in [1.29, 1.82) is 0 Å². The van der Waals surface area contributed by atoms with Crippen LogP contribution >= 0.6 is 0 Å². The van der Waals surface area contributed by atoms with Crippen molar-refractivity contribution < 1.29 is 17.9 Å². The van der Waals surface area contributed by atoms with E-state index >= 15 is 0 Å². The maximum atomic E-state index is 12.5. The highest BCUT2D eigenvalue weighted by molar-refractivity contribution is 7.89. The number of unbranched alkanes of at least 4 members (excludes halogenated alkanes) is 1. The summed E-state index contributed by atoms with van der Waals surface area (Å²) in [5.41, 5.74) is 1.55. The predicted molar refractivity (Wildman–Crippen MR) is 124 cm³/mol. The Labute approximate surface area is 190 Å². The molecule has 10 heteroatoms. The highest BCUT2D eigenvalue weighted by Crippen LogP contribution is 2.23. The van der Waals surface area contributed by atoms with Crippen LogP contribution in [-0.2, 0) is 32.5 Å². The molecule has 32 heavy (non-hydrogen) atoms. The molecule has 9 nitrogen and oxygen atoms in total. The van der Waals surface area contributed by atoms with Crippen LogP contribution in [0.1, 0.15) is 32.0 Å². The number of amides is 1. The van der Waals surface area contributed by atoms with Gasteiger partial charge < -0.3 is 14.6 Å². The van der Waals surface area contributed by atoms with Gasteiger partial charge in [-0.05, 0) is 24.6 Å². The average molecular weight is 466 g/mol. The predicted octanol–water partition coefficient (Wildman–Crippen LogP) is 1.47. The number of imidazole rings is 1. The second-order valence-electron chi connectivity index (χ2n) is 8.28. The van der Waals surface area contributed by atoms with E-state index in [2.05, 4.69) is 21.7 Å². The summed E-state index contributed by atoms with van der Waals surface area (Å²) >= 11 is 0. The zero-order chi connectivity index (χ0) is 23.1. The van der Waals surface area contributed by atoms with Crippen LogP contribution in [0.5, 0.6) is 0 Å². The first-order valence-electron chi connectivity index (χ1n) is 11.3. The van der Waals surface area contributed by atoms with Crippen molar-refractivity contribution >= 4 is 27.0 Å². The summed E-state index contributed by atoms with van der Waals surface area (Å²) in [6.45, 7) is 7.68. The highest BCUT2D eigenvalue weighted by Gasteiger charge is 2.20. The maximum Gasteiger partial charge on any atom is 0.242 e. The van der Waals surface area contributed by atoms with Crippen LogP contribution in [0.3, 0.4) is 0 Å². The molecule has 178 valence electrons. The number of nitrogens with one attached hydrogen (secondary N) is 1. The van der Waals surface area contributed by atoms with E-state index in [1.165, 1.54) is 18.4 Å². The lowest BCUT2D eigenvalue weighted by Crippen LogP contribution is -2.41. The van der Waals surface area contributed by atoms with Crippen molar-refractivity contribution in [3.63, 3.8) is 0 Å². The van der Waals surface area contributed by atoms with Crippen LogP contribution in [0.15, 0.2) is 23.1 Å². The van der Waals surface area contributed by atoms with E-state index in [1.807, 2.05) is 6.07 Å². The molecule has 0 saturated carbocycles. The van der Waals surface area contributed by atoms with Gasteiger partial charge in [0.2, 0.25) is 15.9 Å². The number of nitrogens with zero attached hydrogens (tertiary/aromatic N) is 4. The third-order valence-corrected chi connectivity index (χ3v) is 7.55. The van der Waals surface area contributed by atoms with Gasteiger partial charge in [0.05, 0.1) is 29.1 Å². The monoisotopic (exact) mass is 465 g/mol. The fraction of sp³-hybridized carbons (Fsp3) is 0.636. The number of carbonyl (C=O) groups is 1. The summed E-state index contributed by atoms with van der Waals surface area (Å²) in [7, 11) is -0.493. The Hall–Kier alpha value is -2.01. The minimum Gasteiger partial charge on any atom is -0.379 e. The van der Waals surface area contributed by atoms with Crippen molar-refractivity contribution in [2.45, 2.75) is 44.0 Å². The van der Waals surface area contributed by atoms with Gasteiger partial charge in [-0.15, -0.1) is 0 Å². The SMILES string of the molecule is CCCCn1c(CCC(=O)NCCN2CCOCC2)nc2cc(S(=O)(=O)N(C)C)ccc21. The standard InChI is InChI=1S/C22H35N5O4S/c1-4-5-11-27-20-7-6-18(32(29,30)25(2)3)17-19(20)24-21(27)8-9-22(28)23-10-12-26-13-15-31-16-14-26/h6-7,17H,4-5,8-16H2,1-3H3,(H,23,28). The average Bonchev–Trinajstić information content (AvgIpc) is 3.13. The van der Waals surface area contributed by atoms with Gasteiger partial charge in [0.15, 0.2) is 0 Å². The molecule has 0 spiro atoms. The van der Waals surface area contributed by atoms with Crippen molar-refractivity contribution in [3.05, 3.63) is 24.0 Å². The molecular formula is C22H35N5O4S. The number of sulfonamides is 1. The number of benzene rings is 1. The molecule has 1 N–H and O–H groups in total. The van der Waals surface area contributed by atoms with Crippen molar-refractivity contribution in [1.82, 2.24) is 24.1 Å². The number of morpholine rings is 1. The lowest BCUT2D eigenvalue weighted by Gasteiger charge is -2.26. The minimum absolute atomic E-state index is 0.00299. The van der Waals surface area contributed by atoms with Gasteiger partial charge in [-0.25, -0.2) is 17.7 Å². The zero-order valence-electron chi connectivity index (χ0n) is 19.3. The van der Waals surface area contributed by atoms with Crippen LogP contribution in [0.4, 0.5) is 0 Å². The van der Waals surface area contributed by atoms with Crippen molar-refractivity contribution in [2.75, 3.05) is 53.5 Å². The van der Waals surface area contributed by atoms with Gasteiger partial charge in [-0.1, -0.05) is 13.3 Å². The van der Waals surface area contributed by atoms with Crippen LogP contribution < -0.4 is 5.32 Å². The van der Waals surface area contributed by atoms with Crippen molar-refractivity contribution in [3.8, 4) is 0 Å². The van der Waals surface area contributed by atoms with E-state index in [-0.39, 0.29) is 10.8 Å². The molecule has 0 aliphatic carbocycles. The third kappa shape index (κ3) is 6.06. The molecule has 1 aliphatic rings. The third-order valence-electron chi connectivity index (χ3n) is 5.74. The molecule has 0 bridgehead atoms. The number of hydrogen-bond acceptors (Lipinski definition) is 6. The fourth-order valence-electron chi connectivity index (χ4n) is 3.78. The summed E-state index contributed by atoms with van der Waals surface area (Å²) < 4.78 is 33.7. The summed E-state index contributed by atoms with van der Waals surface area (Å²) in [4.78, 5) is 19.6. The number of fused-ring (bicyclic) bond motifs is 1. The number of aryl methyl sites for hydroxylation is 2. The molecule has 3 rings (SSSR count). The van der Waals surface area contributed by atoms with E-state index in [9.17, 15) is 13.2 Å². The van der Waals surface area contributed by atoms with Gasteiger partial charge in [0.25, 0.3) is 0 Å². The molecule has 2 aromatic rings. The van der Waals surface area contributed by atoms with E-state index in [4.69, 9.17) is 9.72 Å². The van der Waals surface area contributed by atoms with Crippen LogP contribution in [0.25, 0.3) is 11.0 Å². The Morgan fingerprint density at radius 3 is 2.66 bits per heavy atom. The smallest absolute Gasteiger partial charge is 0.242 e. The molecule has 1 fully saturated rings. The first kappa shape index (κ1) is 24.6. The molecule has 0 unspecified atom stereocenters. The quantitative estimate of drug-likeness (QED) is 0.540. The van der Waals surface area contributed by atoms with Gasteiger partial charge in [-0.3, -0.25) is 9.69 Å². The second kappa shape index (κ2) is 11.2. The summed E-state index contributed by atoms with van der Waals surface area (Å²) in [6, 6.07) is 5.07. The van der Waals surface area contributed by atoms with Gasteiger partial charge in [-0.2, -0.15) is 0 Å². The Balaban J connectivity index is 1.67. The number of carbonyl (C=O) groups excluding carboxylic acids is 1. The summed E-state index contributed by atoms with van der Waals surface area (Å²) in [5.74, 6) is 0.819. The fourth-order valence-corrected chi connectivity index (χ4v) is 4.70. The molecule has 1 aromatic carbocycles. The molecule has 2 heterocycles. The van der Waals surface area contributed by atoms with Gasteiger partial charge in [0, 0.05) is 59.7 Å². The minimum atomic E-state index is -3.53. The van der Waals surface area contributed by atoms with Crippen LogP contribution in [0, 0.1) is 0 Å². The largest absolute Gasteiger partial charge is 0.379 e. The molecular weight excluding hydrogens is 430 g/mol. The number of rotatable bonds is 11. The van der Waals surface area contributed by atoms with Crippen molar-refractivity contribution in [2.24, 2.45) is 0 Å².